The van der Waals surface area contributed by atoms with E-state index >= 15 is 0 Å². The molecule has 0 heterocycles. The van der Waals surface area contributed by atoms with Crippen molar-refractivity contribution in [2.45, 2.75) is 0 Å². The van der Waals surface area contributed by atoms with Gasteiger partial charge in [-0.05, 0) is 0 Å². The Hall–Kier alpha value is -2.07. The summed E-state index contributed by atoms with van der Waals surface area (Å²) in [5, 5.41) is 0. The third-order valence-corrected chi connectivity index (χ3v) is 13.8. The van der Waals surface area contributed by atoms with E-state index in [1.54, 1.807) is 21.3 Å². The van der Waals surface area contributed by atoms with Gasteiger partial charge < -0.3 is 0 Å². The van der Waals surface area contributed by atoms with Crippen molar-refractivity contribution in [3.8, 4) is 17.2 Å². The van der Waals surface area contributed by atoms with Crippen molar-refractivity contribution in [3.05, 3.63) is 72.8 Å². The Kier molecular flexibility index (Phi) is 5.92. The topological polar surface area (TPSA) is 27.7 Å². The molecular formula is C21H21InO3. The first kappa shape index (κ1) is 17.7. The van der Waals surface area contributed by atoms with E-state index in [0.717, 1.165) is 17.2 Å². The Balaban J connectivity index is 2.29. The summed E-state index contributed by atoms with van der Waals surface area (Å²) in [6, 6.07) is 24.9. The Labute approximate surface area is 156 Å². The first-order valence-corrected chi connectivity index (χ1v) is 13.1. The fourth-order valence-electron chi connectivity index (χ4n) is 3.22. The second kappa shape index (κ2) is 8.34. The molecule has 0 aliphatic carbocycles. The van der Waals surface area contributed by atoms with Crippen LogP contribution in [0.1, 0.15) is 0 Å². The molecule has 0 bridgehead atoms. The van der Waals surface area contributed by atoms with E-state index in [1.165, 1.54) is 9.96 Å². The minimum atomic E-state index is -2.77. The number of rotatable bonds is 6. The third kappa shape index (κ3) is 3.64. The van der Waals surface area contributed by atoms with Gasteiger partial charge in [0.05, 0.1) is 0 Å². The summed E-state index contributed by atoms with van der Waals surface area (Å²) in [5.41, 5.74) is 0. The summed E-state index contributed by atoms with van der Waals surface area (Å²) in [5.74, 6) is 2.79. The summed E-state index contributed by atoms with van der Waals surface area (Å²) in [6.07, 6.45) is 0. The fourth-order valence-corrected chi connectivity index (χ4v) is 13.0. The molecule has 0 saturated heterocycles. The molecule has 0 aliphatic rings. The summed E-state index contributed by atoms with van der Waals surface area (Å²) in [6.45, 7) is 0. The molecule has 3 aromatic rings. The van der Waals surface area contributed by atoms with Crippen LogP contribution in [0.2, 0.25) is 0 Å². The van der Waals surface area contributed by atoms with Crippen molar-refractivity contribution in [1.82, 2.24) is 0 Å². The van der Waals surface area contributed by atoms with Gasteiger partial charge in [0.1, 0.15) is 0 Å². The average Bonchev–Trinajstić information content (AvgIpc) is 2.69. The van der Waals surface area contributed by atoms with E-state index in [2.05, 4.69) is 36.4 Å². The van der Waals surface area contributed by atoms with Crippen LogP contribution in [0.15, 0.2) is 72.8 Å². The van der Waals surface area contributed by atoms with Crippen LogP contribution in [0, 0.1) is 0 Å². The van der Waals surface area contributed by atoms with E-state index in [-0.39, 0.29) is 0 Å². The molecule has 25 heavy (non-hydrogen) atoms. The van der Waals surface area contributed by atoms with Crippen molar-refractivity contribution in [2.24, 2.45) is 0 Å². The minimum absolute atomic E-state index is 0.931. The SMILES string of the molecule is COc1cccc[c]1[In]([c]1ccccc1OC)[c]1ccccc1OC. The van der Waals surface area contributed by atoms with Crippen LogP contribution < -0.4 is 24.2 Å². The predicted octanol–water partition coefficient (Wildman–Crippen LogP) is 2.23. The second-order valence-corrected chi connectivity index (χ2v) is 13.5. The van der Waals surface area contributed by atoms with E-state index in [4.69, 9.17) is 14.2 Å². The van der Waals surface area contributed by atoms with Crippen LogP contribution >= 0.6 is 0 Å². The van der Waals surface area contributed by atoms with Gasteiger partial charge in [-0.3, -0.25) is 0 Å². The number of ether oxygens (including phenoxy) is 3. The maximum absolute atomic E-state index is 5.69. The predicted molar refractivity (Wildman–Crippen MR) is 104 cm³/mol. The Morgan fingerprint density at radius 1 is 0.480 bits per heavy atom. The van der Waals surface area contributed by atoms with Crippen LogP contribution in [0.4, 0.5) is 0 Å². The molecule has 0 N–H and O–H groups in total. The zero-order chi connectivity index (χ0) is 17.6. The number of methoxy groups -OCH3 is 3. The molecule has 0 radical (unpaired) electrons. The molecule has 0 aromatic heterocycles. The van der Waals surface area contributed by atoms with Crippen molar-refractivity contribution in [2.75, 3.05) is 21.3 Å². The van der Waals surface area contributed by atoms with Crippen molar-refractivity contribution < 1.29 is 14.2 Å². The van der Waals surface area contributed by atoms with Crippen molar-refractivity contribution in [1.29, 1.82) is 0 Å². The molecule has 126 valence electrons. The zero-order valence-corrected chi connectivity index (χ0v) is 18.0. The maximum atomic E-state index is 5.69. The fraction of sp³-hybridized carbons (Fsp3) is 0.143. The van der Waals surface area contributed by atoms with Gasteiger partial charge in [-0.25, -0.2) is 0 Å². The molecule has 0 amide bonds. The Bertz CT molecular complexity index is 735. The van der Waals surface area contributed by atoms with Gasteiger partial charge in [-0.15, -0.1) is 0 Å². The van der Waals surface area contributed by atoms with Gasteiger partial charge in [0.15, 0.2) is 0 Å². The van der Waals surface area contributed by atoms with E-state index < -0.39 is 21.4 Å². The molecule has 3 aromatic carbocycles. The molecule has 3 nitrogen and oxygen atoms in total. The van der Waals surface area contributed by atoms with Crippen molar-refractivity contribution in [3.63, 3.8) is 0 Å². The molecule has 0 atom stereocenters. The van der Waals surface area contributed by atoms with Gasteiger partial charge in [-0.2, -0.15) is 0 Å². The first-order chi connectivity index (χ1) is 12.3. The number of para-hydroxylation sites is 3. The second-order valence-electron chi connectivity index (χ2n) is 5.66. The first-order valence-electron chi connectivity index (χ1n) is 8.19. The number of benzene rings is 3. The van der Waals surface area contributed by atoms with Crippen LogP contribution in [-0.2, 0) is 0 Å². The molecule has 0 unspecified atom stereocenters. The van der Waals surface area contributed by atoms with Gasteiger partial charge in [0.2, 0.25) is 0 Å². The van der Waals surface area contributed by atoms with Gasteiger partial charge in [0, 0.05) is 0 Å². The quantitative estimate of drug-likeness (QED) is 0.594. The van der Waals surface area contributed by atoms with Gasteiger partial charge in [0.25, 0.3) is 0 Å². The summed E-state index contributed by atoms with van der Waals surface area (Å²) in [4.78, 5) is 0. The number of hydrogen-bond acceptors (Lipinski definition) is 3. The van der Waals surface area contributed by atoms with Gasteiger partial charge >= 0.3 is 157 Å². The summed E-state index contributed by atoms with van der Waals surface area (Å²) >= 11 is -2.77. The van der Waals surface area contributed by atoms with Crippen LogP contribution in [0.3, 0.4) is 0 Å². The van der Waals surface area contributed by atoms with Crippen molar-refractivity contribution >= 4 is 31.4 Å². The molecule has 0 fully saturated rings. The summed E-state index contributed by atoms with van der Waals surface area (Å²) in [7, 11) is 5.19. The molecular weight excluding hydrogens is 415 g/mol. The van der Waals surface area contributed by atoms with E-state index in [9.17, 15) is 0 Å². The molecule has 0 saturated carbocycles. The van der Waals surface area contributed by atoms with E-state index in [0.29, 0.717) is 0 Å². The van der Waals surface area contributed by atoms with Crippen LogP contribution in [0.5, 0.6) is 17.2 Å². The molecule has 3 rings (SSSR count). The molecule has 0 spiro atoms. The normalized spacial score (nSPS) is 10.2. The van der Waals surface area contributed by atoms with Crippen LogP contribution in [0.25, 0.3) is 0 Å². The van der Waals surface area contributed by atoms with Crippen LogP contribution in [-0.4, -0.2) is 42.8 Å². The Morgan fingerprint density at radius 2 is 0.760 bits per heavy atom. The van der Waals surface area contributed by atoms with Gasteiger partial charge in [-0.1, -0.05) is 0 Å². The zero-order valence-electron chi connectivity index (χ0n) is 14.7. The van der Waals surface area contributed by atoms with E-state index in [1.807, 2.05) is 36.4 Å². The molecule has 4 heteroatoms. The average molecular weight is 436 g/mol. The Morgan fingerprint density at radius 3 is 1.04 bits per heavy atom. The summed E-state index contributed by atoms with van der Waals surface area (Å²) < 4.78 is 20.9. The standard InChI is InChI=1S/3C7H7O.In/c3*1-8-7-5-3-2-4-6-7;/h3*2-5H,1H3;. The number of hydrogen-bond donors (Lipinski definition) is 0. The third-order valence-electron chi connectivity index (χ3n) is 4.35. The molecule has 0 aliphatic heterocycles. The monoisotopic (exact) mass is 436 g/mol.